The monoisotopic (exact) mass is 565 g/mol. The third-order valence-corrected chi connectivity index (χ3v) is 9.31. The Morgan fingerprint density at radius 2 is 1.67 bits per heavy atom. The predicted molar refractivity (Wildman–Crippen MR) is 151 cm³/mol. The molecule has 2 heterocycles. The van der Waals surface area contributed by atoms with Gasteiger partial charge in [0.1, 0.15) is 0 Å². The van der Waals surface area contributed by atoms with Crippen molar-refractivity contribution in [3.8, 4) is 0 Å². The summed E-state index contributed by atoms with van der Waals surface area (Å²) < 4.78 is 43.0. The molecule has 0 amide bonds. The summed E-state index contributed by atoms with van der Waals surface area (Å²) in [6.07, 6.45) is 2.68. The first-order valence-corrected chi connectivity index (χ1v) is 15.1. The van der Waals surface area contributed by atoms with Gasteiger partial charge in [0.2, 0.25) is 0 Å². The number of anilines is 1. The van der Waals surface area contributed by atoms with Gasteiger partial charge in [-0.05, 0) is 35.4 Å². The van der Waals surface area contributed by atoms with Gasteiger partial charge in [-0.2, -0.15) is 0 Å². The fourth-order valence-electron chi connectivity index (χ4n) is 4.48. The van der Waals surface area contributed by atoms with Crippen LogP contribution in [0.25, 0.3) is 0 Å². The molecule has 10 heteroatoms. The molecule has 4 unspecified atom stereocenters. The van der Waals surface area contributed by atoms with Crippen LogP contribution in [0.2, 0.25) is 0 Å². The van der Waals surface area contributed by atoms with Crippen molar-refractivity contribution >= 4 is 27.5 Å². The van der Waals surface area contributed by atoms with Crippen LogP contribution in [0.3, 0.4) is 0 Å². The molecule has 4 aromatic rings. The number of thioether (sulfide) groups is 1. The number of nitrogens with zero attached hydrogens (tertiary/aromatic N) is 2. The van der Waals surface area contributed by atoms with Crippen molar-refractivity contribution in [3.05, 3.63) is 108 Å². The predicted octanol–water partition coefficient (Wildman–Crippen LogP) is 5.30. The molecule has 204 valence electrons. The lowest BCUT2D eigenvalue weighted by Crippen LogP contribution is -2.38. The molecule has 0 spiro atoms. The van der Waals surface area contributed by atoms with Gasteiger partial charge in [0.15, 0.2) is 11.4 Å². The molecule has 4 atom stereocenters. The molecule has 3 aromatic carbocycles. The standard InChI is InChI=1S/C29H31N3O5S2/c1-20-26(19-38-29-30-16-17-32(29)2)36-28(37-27(20)22-10-8-21(18-33)9-11-22)23-12-14-24(15-13-23)31-39(34,35)25-6-4-3-5-7-25/h3-17,20,26-28,31,33H,18-19H2,1-2H3. The molecule has 1 fully saturated rings. The summed E-state index contributed by atoms with van der Waals surface area (Å²) in [7, 11) is -1.73. The maximum absolute atomic E-state index is 12.7. The molecule has 39 heavy (non-hydrogen) atoms. The summed E-state index contributed by atoms with van der Waals surface area (Å²) in [5, 5.41) is 10.4. The second-order valence-electron chi connectivity index (χ2n) is 9.49. The Kier molecular flexibility index (Phi) is 8.39. The second-order valence-corrected chi connectivity index (χ2v) is 12.2. The van der Waals surface area contributed by atoms with Gasteiger partial charge in [0, 0.05) is 42.4 Å². The van der Waals surface area contributed by atoms with Gasteiger partial charge in [-0.15, -0.1) is 0 Å². The minimum absolute atomic E-state index is 0.0175. The molecule has 1 aliphatic heterocycles. The third-order valence-electron chi connectivity index (χ3n) is 6.77. The Labute approximate surface area is 233 Å². The highest BCUT2D eigenvalue weighted by Crippen LogP contribution is 2.43. The zero-order valence-corrected chi connectivity index (χ0v) is 23.3. The van der Waals surface area contributed by atoms with E-state index in [1.165, 1.54) is 0 Å². The van der Waals surface area contributed by atoms with Crippen LogP contribution >= 0.6 is 11.8 Å². The highest BCUT2D eigenvalue weighted by atomic mass is 32.2. The number of rotatable bonds is 9. The molecule has 5 rings (SSSR count). The van der Waals surface area contributed by atoms with Crippen molar-refractivity contribution in [2.75, 3.05) is 10.5 Å². The van der Waals surface area contributed by atoms with E-state index in [0.717, 1.165) is 21.8 Å². The number of aliphatic hydroxyl groups is 1. The average Bonchev–Trinajstić information content (AvgIpc) is 3.37. The average molecular weight is 566 g/mol. The third kappa shape index (κ3) is 6.37. The Hall–Kier alpha value is -3.15. The number of hydrogen-bond donors (Lipinski definition) is 2. The van der Waals surface area contributed by atoms with Crippen molar-refractivity contribution in [1.29, 1.82) is 0 Å². The zero-order chi connectivity index (χ0) is 27.4. The number of benzene rings is 3. The fraction of sp³-hybridized carbons (Fsp3) is 0.276. The first kappa shape index (κ1) is 27.4. The summed E-state index contributed by atoms with van der Waals surface area (Å²) >= 11 is 1.63. The molecule has 0 aliphatic carbocycles. The summed E-state index contributed by atoms with van der Waals surface area (Å²) in [5.41, 5.74) is 3.08. The van der Waals surface area contributed by atoms with Crippen LogP contribution in [-0.2, 0) is 33.2 Å². The molecule has 1 aliphatic rings. The number of hydrogen-bond acceptors (Lipinski definition) is 7. The summed E-state index contributed by atoms with van der Waals surface area (Å²) in [5.74, 6) is 0.734. The van der Waals surface area contributed by atoms with Gasteiger partial charge < -0.3 is 19.1 Å². The van der Waals surface area contributed by atoms with Crippen LogP contribution < -0.4 is 4.72 Å². The van der Waals surface area contributed by atoms with E-state index in [-0.39, 0.29) is 29.6 Å². The number of aryl methyl sites for hydroxylation is 1. The van der Waals surface area contributed by atoms with Crippen LogP contribution in [0.4, 0.5) is 5.69 Å². The Morgan fingerprint density at radius 1 is 0.974 bits per heavy atom. The molecular weight excluding hydrogens is 534 g/mol. The summed E-state index contributed by atoms with van der Waals surface area (Å²) in [6.45, 7) is 2.10. The van der Waals surface area contributed by atoms with Gasteiger partial charge in [-0.25, -0.2) is 13.4 Å². The molecule has 8 nitrogen and oxygen atoms in total. The number of ether oxygens (including phenoxy) is 2. The van der Waals surface area contributed by atoms with Crippen LogP contribution in [0.1, 0.15) is 36.0 Å². The minimum Gasteiger partial charge on any atom is -0.392 e. The van der Waals surface area contributed by atoms with Crippen molar-refractivity contribution in [3.63, 3.8) is 0 Å². The van der Waals surface area contributed by atoms with E-state index in [0.29, 0.717) is 11.4 Å². The topological polar surface area (TPSA) is 103 Å². The van der Waals surface area contributed by atoms with E-state index in [9.17, 15) is 13.5 Å². The molecule has 1 aromatic heterocycles. The minimum atomic E-state index is -3.69. The van der Waals surface area contributed by atoms with Crippen LogP contribution in [0.15, 0.2) is 101 Å². The van der Waals surface area contributed by atoms with E-state index < -0.39 is 16.3 Å². The van der Waals surface area contributed by atoms with Gasteiger partial charge >= 0.3 is 0 Å². The smallest absolute Gasteiger partial charge is 0.261 e. The Balaban J connectivity index is 1.36. The molecular formula is C29H31N3O5S2. The Bertz CT molecular complexity index is 1480. The maximum Gasteiger partial charge on any atom is 0.261 e. The van der Waals surface area contributed by atoms with E-state index >= 15 is 0 Å². The van der Waals surface area contributed by atoms with E-state index in [1.807, 2.05) is 54.2 Å². The van der Waals surface area contributed by atoms with Crippen molar-refractivity contribution in [2.24, 2.45) is 13.0 Å². The molecule has 1 saturated heterocycles. The molecule has 0 radical (unpaired) electrons. The first-order chi connectivity index (χ1) is 18.8. The number of nitrogens with one attached hydrogen (secondary N) is 1. The number of aliphatic hydroxyl groups excluding tert-OH is 1. The van der Waals surface area contributed by atoms with E-state index in [2.05, 4.69) is 16.6 Å². The number of aromatic nitrogens is 2. The highest BCUT2D eigenvalue weighted by Gasteiger charge is 2.38. The summed E-state index contributed by atoms with van der Waals surface area (Å²) in [6, 6.07) is 23.1. The quantitative estimate of drug-likeness (QED) is 0.266. The Morgan fingerprint density at radius 3 is 2.31 bits per heavy atom. The molecule has 0 saturated carbocycles. The van der Waals surface area contributed by atoms with Crippen LogP contribution in [-0.4, -0.2) is 34.9 Å². The maximum atomic E-state index is 12.7. The van der Waals surface area contributed by atoms with Gasteiger partial charge in [0.05, 0.1) is 23.7 Å². The van der Waals surface area contributed by atoms with Crippen molar-refractivity contribution in [2.45, 2.75) is 42.1 Å². The zero-order valence-electron chi connectivity index (χ0n) is 21.7. The number of sulfonamides is 1. The SMILES string of the molecule is CC1C(CSc2nccn2C)OC(c2ccc(NS(=O)(=O)c3ccccc3)cc2)OC1c1ccc(CO)cc1. The summed E-state index contributed by atoms with van der Waals surface area (Å²) in [4.78, 5) is 4.62. The second kappa shape index (κ2) is 11.9. The van der Waals surface area contributed by atoms with Crippen molar-refractivity contribution < 1.29 is 23.0 Å². The van der Waals surface area contributed by atoms with Crippen molar-refractivity contribution in [1.82, 2.24) is 9.55 Å². The van der Waals surface area contributed by atoms with Gasteiger partial charge in [-0.3, -0.25) is 4.72 Å². The van der Waals surface area contributed by atoms with Gasteiger partial charge in [0.25, 0.3) is 10.0 Å². The molecule has 2 N–H and O–H groups in total. The van der Waals surface area contributed by atoms with E-state index in [4.69, 9.17) is 9.47 Å². The van der Waals surface area contributed by atoms with E-state index in [1.54, 1.807) is 60.4 Å². The normalized spacial score (nSPS) is 21.5. The first-order valence-electron chi connectivity index (χ1n) is 12.6. The number of imidazole rings is 1. The lowest BCUT2D eigenvalue weighted by atomic mass is 9.91. The van der Waals surface area contributed by atoms with Crippen LogP contribution in [0, 0.1) is 5.92 Å². The highest BCUT2D eigenvalue weighted by molar-refractivity contribution is 7.99. The lowest BCUT2D eigenvalue weighted by Gasteiger charge is -2.41. The van der Waals surface area contributed by atoms with Gasteiger partial charge in [-0.1, -0.05) is 73.3 Å². The molecule has 0 bridgehead atoms. The lowest BCUT2D eigenvalue weighted by molar-refractivity contribution is -0.268. The fourth-order valence-corrected chi connectivity index (χ4v) is 6.65. The largest absolute Gasteiger partial charge is 0.392 e. The van der Waals surface area contributed by atoms with Crippen LogP contribution in [0.5, 0.6) is 0 Å².